The molecule has 0 saturated heterocycles. The molecule has 5 heteroatoms. The number of carbonyl (C=O) groups is 2. The number of nitrogens with one attached hydrogen (secondary N) is 2. The lowest BCUT2D eigenvalue weighted by Crippen LogP contribution is -2.45. The van der Waals surface area contributed by atoms with Crippen LogP contribution in [0.1, 0.15) is 36.2 Å². The minimum absolute atomic E-state index is 0.123. The molecule has 126 valence electrons. The van der Waals surface area contributed by atoms with Crippen molar-refractivity contribution in [2.75, 3.05) is 11.9 Å². The first-order valence-corrected chi connectivity index (χ1v) is 7.99. The molecule has 0 heterocycles. The van der Waals surface area contributed by atoms with Gasteiger partial charge in [0.1, 0.15) is 5.54 Å². The van der Waals surface area contributed by atoms with Gasteiger partial charge in [0.05, 0.1) is 0 Å². The van der Waals surface area contributed by atoms with E-state index in [0.717, 1.165) is 12.0 Å². The van der Waals surface area contributed by atoms with Crippen molar-refractivity contribution in [2.24, 2.45) is 5.73 Å². The van der Waals surface area contributed by atoms with Gasteiger partial charge in [0, 0.05) is 17.8 Å². The van der Waals surface area contributed by atoms with Crippen LogP contribution >= 0.6 is 0 Å². The van der Waals surface area contributed by atoms with E-state index in [1.807, 2.05) is 37.3 Å². The van der Waals surface area contributed by atoms with E-state index in [1.54, 1.807) is 31.2 Å². The lowest BCUT2D eigenvalue weighted by Gasteiger charge is -2.24. The highest BCUT2D eigenvalue weighted by atomic mass is 16.2. The molecule has 0 aliphatic rings. The Labute approximate surface area is 142 Å². The summed E-state index contributed by atoms with van der Waals surface area (Å²) in [7, 11) is 0. The Hall–Kier alpha value is -2.66. The molecule has 2 aromatic carbocycles. The second kappa shape index (κ2) is 7.75. The van der Waals surface area contributed by atoms with Gasteiger partial charge in [-0.2, -0.15) is 0 Å². The van der Waals surface area contributed by atoms with Crippen LogP contribution in [0.2, 0.25) is 0 Å². The Kier molecular flexibility index (Phi) is 5.71. The fourth-order valence-corrected chi connectivity index (χ4v) is 2.22. The van der Waals surface area contributed by atoms with Gasteiger partial charge in [-0.3, -0.25) is 9.59 Å². The van der Waals surface area contributed by atoms with Gasteiger partial charge < -0.3 is 16.4 Å². The molecule has 0 aromatic heterocycles. The van der Waals surface area contributed by atoms with Gasteiger partial charge >= 0.3 is 0 Å². The summed E-state index contributed by atoms with van der Waals surface area (Å²) in [5, 5.41) is 5.60. The standard InChI is InChI=1S/C19H23N3O2/c1-3-13-21-17(23)14-9-11-16(12-10-14)22-18(24)19(2,20)15-7-5-4-6-8-15/h4-12H,3,13,20H2,1-2H3,(H,21,23)(H,22,24). The number of carbonyl (C=O) groups excluding carboxylic acids is 2. The van der Waals surface area contributed by atoms with Crippen LogP contribution in [0.3, 0.4) is 0 Å². The van der Waals surface area contributed by atoms with Crippen molar-refractivity contribution in [1.82, 2.24) is 5.32 Å². The topological polar surface area (TPSA) is 84.2 Å². The largest absolute Gasteiger partial charge is 0.352 e. The molecule has 0 radical (unpaired) electrons. The van der Waals surface area contributed by atoms with E-state index in [1.165, 1.54) is 0 Å². The van der Waals surface area contributed by atoms with Crippen LogP contribution in [-0.4, -0.2) is 18.4 Å². The van der Waals surface area contributed by atoms with Crippen LogP contribution in [0, 0.1) is 0 Å². The molecule has 0 aliphatic carbocycles. The fourth-order valence-electron chi connectivity index (χ4n) is 2.22. The summed E-state index contributed by atoms with van der Waals surface area (Å²) in [5.41, 5.74) is 6.93. The minimum atomic E-state index is -1.14. The third-order valence-corrected chi connectivity index (χ3v) is 3.79. The monoisotopic (exact) mass is 325 g/mol. The number of hydrogen-bond donors (Lipinski definition) is 3. The Bertz CT molecular complexity index is 694. The van der Waals surface area contributed by atoms with Gasteiger partial charge in [-0.1, -0.05) is 37.3 Å². The molecule has 2 aromatic rings. The van der Waals surface area contributed by atoms with Crippen LogP contribution in [0.4, 0.5) is 5.69 Å². The first kappa shape index (κ1) is 17.7. The summed E-state index contributed by atoms with van der Waals surface area (Å²) in [5.74, 6) is -0.431. The molecule has 0 bridgehead atoms. The molecule has 4 N–H and O–H groups in total. The van der Waals surface area contributed by atoms with E-state index >= 15 is 0 Å². The molecule has 0 fully saturated rings. The Morgan fingerprint density at radius 2 is 1.67 bits per heavy atom. The SMILES string of the molecule is CCCNC(=O)c1ccc(NC(=O)C(C)(N)c2ccccc2)cc1. The Balaban J connectivity index is 2.05. The molecular formula is C19H23N3O2. The molecule has 0 saturated carbocycles. The first-order chi connectivity index (χ1) is 11.4. The van der Waals surface area contributed by atoms with Crippen LogP contribution in [0.15, 0.2) is 54.6 Å². The van der Waals surface area contributed by atoms with Gasteiger partial charge in [-0.25, -0.2) is 0 Å². The first-order valence-electron chi connectivity index (χ1n) is 7.99. The quantitative estimate of drug-likeness (QED) is 0.763. The van der Waals surface area contributed by atoms with Crippen molar-refractivity contribution in [1.29, 1.82) is 0 Å². The highest BCUT2D eigenvalue weighted by Gasteiger charge is 2.30. The Morgan fingerprint density at radius 1 is 1.04 bits per heavy atom. The molecule has 5 nitrogen and oxygen atoms in total. The fraction of sp³-hybridized carbons (Fsp3) is 0.263. The summed E-state index contributed by atoms with van der Waals surface area (Å²) in [6.07, 6.45) is 0.883. The smallest absolute Gasteiger partial charge is 0.251 e. The van der Waals surface area contributed by atoms with Gasteiger partial charge in [-0.15, -0.1) is 0 Å². The van der Waals surface area contributed by atoms with Crippen LogP contribution < -0.4 is 16.4 Å². The number of amides is 2. The van der Waals surface area contributed by atoms with Crippen LogP contribution in [0.25, 0.3) is 0 Å². The van der Waals surface area contributed by atoms with E-state index in [9.17, 15) is 9.59 Å². The van der Waals surface area contributed by atoms with Crippen molar-refractivity contribution < 1.29 is 9.59 Å². The van der Waals surface area contributed by atoms with Crippen molar-refractivity contribution >= 4 is 17.5 Å². The van der Waals surface area contributed by atoms with Gasteiger partial charge in [0.25, 0.3) is 5.91 Å². The van der Waals surface area contributed by atoms with E-state index in [4.69, 9.17) is 5.73 Å². The molecule has 2 amide bonds. The average Bonchev–Trinajstić information content (AvgIpc) is 2.61. The zero-order valence-corrected chi connectivity index (χ0v) is 14.0. The maximum absolute atomic E-state index is 12.5. The predicted molar refractivity (Wildman–Crippen MR) is 95.7 cm³/mol. The summed E-state index contributed by atoms with van der Waals surface area (Å²) in [4.78, 5) is 24.3. The summed E-state index contributed by atoms with van der Waals surface area (Å²) in [6.45, 7) is 4.31. The van der Waals surface area contributed by atoms with Crippen LogP contribution in [-0.2, 0) is 10.3 Å². The zero-order chi connectivity index (χ0) is 17.6. The summed E-state index contributed by atoms with van der Waals surface area (Å²) in [6, 6.07) is 15.9. The third kappa shape index (κ3) is 4.20. The molecule has 2 rings (SSSR count). The molecule has 1 unspecified atom stereocenters. The second-order valence-corrected chi connectivity index (χ2v) is 5.86. The third-order valence-electron chi connectivity index (χ3n) is 3.79. The number of benzene rings is 2. The van der Waals surface area contributed by atoms with E-state index in [2.05, 4.69) is 10.6 Å². The zero-order valence-electron chi connectivity index (χ0n) is 14.0. The van der Waals surface area contributed by atoms with E-state index in [-0.39, 0.29) is 11.8 Å². The Morgan fingerprint density at radius 3 is 2.25 bits per heavy atom. The molecule has 0 aliphatic heterocycles. The van der Waals surface area contributed by atoms with E-state index in [0.29, 0.717) is 17.8 Å². The summed E-state index contributed by atoms with van der Waals surface area (Å²) < 4.78 is 0. The number of nitrogens with two attached hydrogens (primary N) is 1. The lowest BCUT2D eigenvalue weighted by atomic mass is 9.92. The van der Waals surface area contributed by atoms with Crippen molar-refractivity contribution in [2.45, 2.75) is 25.8 Å². The minimum Gasteiger partial charge on any atom is -0.352 e. The average molecular weight is 325 g/mol. The highest BCUT2D eigenvalue weighted by Crippen LogP contribution is 2.20. The number of rotatable bonds is 6. The summed E-state index contributed by atoms with van der Waals surface area (Å²) >= 11 is 0. The van der Waals surface area contributed by atoms with Crippen molar-refractivity contribution in [3.63, 3.8) is 0 Å². The molecule has 0 spiro atoms. The number of anilines is 1. The van der Waals surface area contributed by atoms with Gasteiger partial charge in [-0.05, 0) is 43.2 Å². The molecular weight excluding hydrogens is 302 g/mol. The molecule has 1 atom stereocenters. The normalized spacial score (nSPS) is 13.0. The van der Waals surface area contributed by atoms with Gasteiger partial charge in [0.15, 0.2) is 0 Å². The number of hydrogen-bond acceptors (Lipinski definition) is 3. The van der Waals surface area contributed by atoms with E-state index < -0.39 is 5.54 Å². The highest BCUT2D eigenvalue weighted by molar-refractivity contribution is 5.99. The second-order valence-electron chi connectivity index (χ2n) is 5.86. The maximum Gasteiger partial charge on any atom is 0.251 e. The van der Waals surface area contributed by atoms with Crippen molar-refractivity contribution in [3.8, 4) is 0 Å². The van der Waals surface area contributed by atoms with Crippen LogP contribution in [0.5, 0.6) is 0 Å². The maximum atomic E-state index is 12.5. The van der Waals surface area contributed by atoms with Crippen molar-refractivity contribution in [3.05, 3.63) is 65.7 Å². The van der Waals surface area contributed by atoms with Gasteiger partial charge in [0.2, 0.25) is 5.91 Å². The lowest BCUT2D eigenvalue weighted by molar-refractivity contribution is -0.120. The molecule has 24 heavy (non-hydrogen) atoms. The predicted octanol–water partition coefficient (Wildman–Crippen LogP) is 2.64.